The van der Waals surface area contributed by atoms with Crippen LogP contribution >= 0.6 is 0 Å². The lowest BCUT2D eigenvalue weighted by molar-refractivity contribution is -0.143. The Morgan fingerprint density at radius 3 is 2.25 bits per heavy atom. The highest BCUT2D eigenvalue weighted by Crippen LogP contribution is 2.27. The second-order valence-electron chi connectivity index (χ2n) is 10.2. The Morgan fingerprint density at radius 2 is 1.72 bits per heavy atom. The zero-order valence-electron chi connectivity index (χ0n) is 22.9. The van der Waals surface area contributed by atoms with Gasteiger partial charge in [0.15, 0.2) is 0 Å². The third-order valence-corrected chi connectivity index (χ3v) is 5.50. The van der Waals surface area contributed by atoms with Crippen molar-refractivity contribution >= 4 is 23.8 Å². The van der Waals surface area contributed by atoms with Crippen molar-refractivity contribution in [1.29, 1.82) is 0 Å². The fourth-order valence-electron chi connectivity index (χ4n) is 3.93. The zero-order chi connectivity index (χ0) is 27.5. The van der Waals surface area contributed by atoms with Gasteiger partial charge in [-0.25, -0.2) is 4.79 Å². The number of primary amides is 1. The van der Waals surface area contributed by atoms with E-state index >= 15 is 0 Å². The van der Waals surface area contributed by atoms with Crippen molar-refractivity contribution in [2.45, 2.75) is 98.3 Å². The van der Waals surface area contributed by atoms with E-state index in [-0.39, 0.29) is 12.5 Å². The minimum Gasteiger partial charge on any atom is -0.444 e. The van der Waals surface area contributed by atoms with Gasteiger partial charge in [-0.2, -0.15) is 0 Å². The molecule has 0 aromatic heterocycles. The Kier molecular flexibility index (Phi) is 12.4. The minimum absolute atomic E-state index is 0.241. The molecule has 4 amide bonds. The van der Waals surface area contributed by atoms with Crippen LogP contribution in [0.15, 0.2) is 18.2 Å². The number of rotatable bonds is 13. The largest absolute Gasteiger partial charge is 0.444 e. The van der Waals surface area contributed by atoms with E-state index in [9.17, 15) is 19.2 Å². The number of carbonyl (C=O) groups is 4. The van der Waals surface area contributed by atoms with E-state index in [1.165, 1.54) is 4.90 Å². The Morgan fingerprint density at radius 1 is 1.06 bits per heavy atom. The summed E-state index contributed by atoms with van der Waals surface area (Å²) in [4.78, 5) is 53.0. The van der Waals surface area contributed by atoms with Crippen LogP contribution < -0.4 is 16.4 Å². The van der Waals surface area contributed by atoms with Gasteiger partial charge in [0.05, 0.1) is 6.42 Å². The predicted molar refractivity (Wildman–Crippen MR) is 140 cm³/mol. The van der Waals surface area contributed by atoms with Gasteiger partial charge in [0.1, 0.15) is 17.7 Å². The van der Waals surface area contributed by atoms with Gasteiger partial charge in [0, 0.05) is 13.1 Å². The van der Waals surface area contributed by atoms with Crippen LogP contribution in [0, 0.1) is 13.8 Å². The summed E-state index contributed by atoms with van der Waals surface area (Å²) in [6.45, 7) is 13.6. The molecule has 36 heavy (non-hydrogen) atoms. The van der Waals surface area contributed by atoms with E-state index in [0.29, 0.717) is 18.5 Å². The van der Waals surface area contributed by atoms with Crippen LogP contribution in [0.3, 0.4) is 0 Å². The van der Waals surface area contributed by atoms with Crippen molar-refractivity contribution in [3.63, 3.8) is 0 Å². The normalized spacial score (nSPS) is 12.9. The molecule has 0 saturated heterocycles. The second kappa shape index (κ2) is 14.5. The fourth-order valence-corrected chi connectivity index (χ4v) is 3.93. The number of benzene rings is 1. The van der Waals surface area contributed by atoms with Crippen molar-refractivity contribution in [2.75, 3.05) is 13.1 Å². The van der Waals surface area contributed by atoms with Crippen LogP contribution in [0.25, 0.3) is 0 Å². The average molecular weight is 505 g/mol. The molecule has 0 radical (unpaired) electrons. The Hall–Kier alpha value is -3.10. The van der Waals surface area contributed by atoms with Crippen LogP contribution in [-0.4, -0.2) is 53.4 Å². The number of aryl methyl sites for hydroxylation is 2. The number of nitrogens with zero attached hydrogens (tertiary/aromatic N) is 1. The molecule has 0 aliphatic heterocycles. The Bertz CT molecular complexity index is 910. The smallest absolute Gasteiger partial charge is 0.408 e. The van der Waals surface area contributed by atoms with E-state index in [0.717, 1.165) is 30.4 Å². The van der Waals surface area contributed by atoms with Crippen LogP contribution in [0.4, 0.5) is 4.79 Å². The van der Waals surface area contributed by atoms with Crippen molar-refractivity contribution < 1.29 is 23.9 Å². The number of ether oxygens (including phenoxy) is 1. The zero-order valence-corrected chi connectivity index (χ0v) is 22.9. The molecule has 2 atom stereocenters. The maximum atomic E-state index is 13.8. The highest BCUT2D eigenvalue weighted by molar-refractivity contribution is 5.94. The molecular formula is C27H44N4O5. The molecule has 1 aromatic rings. The maximum Gasteiger partial charge on any atom is 0.408 e. The molecule has 2 unspecified atom stereocenters. The van der Waals surface area contributed by atoms with Gasteiger partial charge in [-0.15, -0.1) is 0 Å². The molecule has 0 bridgehead atoms. The summed E-state index contributed by atoms with van der Waals surface area (Å²) in [7, 11) is 0. The molecule has 202 valence electrons. The van der Waals surface area contributed by atoms with Crippen LogP contribution in [-0.2, 0) is 19.1 Å². The highest BCUT2D eigenvalue weighted by Gasteiger charge is 2.37. The van der Waals surface area contributed by atoms with Gasteiger partial charge in [-0.1, -0.05) is 50.5 Å². The fraction of sp³-hybridized carbons (Fsp3) is 0.630. The monoisotopic (exact) mass is 504 g/mol. The number of nitrogens with two attached hydrogens (primary N) is 1. The van der Waals surface area contributed by atoms with Crippen molar-refractivity contribution in [2.24, 2.45) is 5.73 Å². The molecule has 9 nitrogen and oxygen atoms in total. The van der Waals surface area contributed by atoms with Gasteiger partial charge in [-0.05, 0) is 58.6 Å². The van der Waals surface area contributed by atoms with E-state index in [1.54, 1.807) is 20.8 Å². The molecule has 0 saturated carbocycles. The van der Waals surface area contributed by atoms with E-state index in [2.05, 4.69) is 17.6 Å². The lowest BCUT2D eigenvalue weighted by Gasteiger charge is -2.35. The second-order valence-corrected chi connectivity index (χ2v) is 10.2. The molecule has 1 rings (SSSR count). The Balaban J connectivity index is 3.43. The summed E-state index contributed by atoms with van der Waals surface area (Å²) >= 11 is 0. The van der Waals surface area contributed by atoms with Gasteiger partial charge >= 0.3 is 6.09 Å². The quantitative estimate of drug-likeness (QED) is 0.353. The summed E-state index contributed by atoms with van der Waals surface area (Å²) in [6.07, 6.45) is 2.12. The van der Waals surface area contributed by atoms with E-state index in [1.807, 2.05) is 39.0 Å². The highest BCUT2D eigenvalue weighted by atomic mass is 16.6. The summed E-state index contributed by atoms with van der Waals surface area (Å²) in [6, 6.07) is 3.50. The Labute approximate surface area is 215 Å². The first-order chi connectivity index (χ1) is 16.8. The third kappa shape index (κ3) is 10.3. The lowest BCUT2D eigenvalue weighted by Crippen LogP contribution is -2.54. The number of carbonyl (C=O) groups excluding carboxylic acids is 4. The molecule has 0 fully saturated rings. The maximum absolute atomic E-state index is 13.8. The third-order valence-electron chi connectivity index (χ3n) is 5.50. The van der Waals surface area contributed by atoms with Crippen molar-refractivity contribution in [1.82, 2.24) is 15.5 Å². The molecule has 0 spiro atoms. The summed E-state index contributed by atoms with van der Waals surface area (Å²) in [5, 5.41) is 5.45. The van der Waals surface area contributed by atoms with Gasteiger partial charge in [-0.3, -0.25) is 14.4 Å². The van der Waals surface area contributed by atoms with Gasteiger partial charge < -0.3 is 26.0 Å². The van der Waals surface area contributed by atoms with Crippen LogP contribution in [0.1, 0.15) is 89.5 Å². The van der Waals surface area contributed by atoms with Crippen LogP contribution in [0.5, 0.6) is 0 Å². The minimum atomic E-state index is -1.27. The molecule has 9 heteroatoms. The van der Waals surface area contributed by atoms with Crippen molar-refractivity contribution in [3.05, 3.63) is 34.9 Å². The molecule has 0 aliphatic rings. The van der Waals surface area contributed by atoms with Gasteiger partial charge in [0.25, 0.3) is 0 Å². The molecule has 1 aromatic carbocycles. The van der Waals surface area contributed by atoms with Crippen molar-refractivity contribution in [3.8, 4) is 0 Å². The number of nitrogens with one attached hydrogen (secondary N) is 2. The lowest BCUT2D eigenvalue weighted by atomic mass is 9.96. The predicted octanol–water partition coefficient (Wildman–Crippen LogP) is 3.66. The summed E-state index contributed by atoms with van der Waals surface area (Å²) in [5.74, 6) is -1.64. The van der Waals surface area contributed by atoms with E-state index in [4.69, 9.17) is 10.5 Å². The van der Waals surface area contributed by atoms with Crippen LogP contribution in [0.2, 0.25) is 0 Å². The van der Waals surface area contributed by atoms with E-state index < -0.39 is 42.0 Å². The number of unbranched alkanes of at least 4 members (excludes halogenated alkanes) is 2. The number of alkyl carbamates (subject to hydrolysis) is 1. The first kappa shape index (κ1) is 30.9. The average Bonchev–Trinajstić information content (AvgIpc) is 2.75. The summed E-state index contributed by atoms with van der Waals surface area (Å²) < 4.78 is 5.29. The SMILES string of the molecule is CCCCCNC(=O)C(c1ccc(C)cc1C)N(CCC)C(=O)C(CC(N)=O)NC(=O)OC(C)(C)C. The first-order valence-electron chi connectivity index (χ1n) is 12.7. The number of amides is 4. The first-order valence-corrected chi connectivity index (χ1v) is 12.7. The molecular weight excluding hydrogens is 460 g/mol. The van der Waals surface area contributed by atoms with Gasteiger partial charge in [0.2, 0.25) is 17.7 Å². The number of hydrogen-bond donors (Lipinski definition) is 3. The molecule has 0 aliphatic carbocycles. The molecule has 4 N–H and O–H groups in total. The number of hydrogen-bond acceptors (Lipinski definition) is 5. The standard InChI is InChI=1S/C27H44N4O5/c1-8-10-11-14-29-24(33)23(20-13-12-18(3)16-19(20)4)31(15-9-2)25(34)21(17-22(28)32)30-26(35)36-27(5,6)7/h12-13,16,21,23H,8-11,14-15,17H2,1-7H3,(H2,28,32)(H,29,33)(H,30,35). The summed E-state index contributed by atoms with van der Waals surface area (Å²) in [5.41, 5.74) is 7.19. The topological polar surface area (TPSA) is 131 Å². The molecule has 0 heterocycles.